The molecule has 0 spiro atoms. The van der Waals surface area contributed by atoms with Crippen molar-refractivity contribution < 1.29 is 18.3 Å². The Morgan fingerprint density at radius 3 is 2.36 bits per heavy atom. The molecule has 7 heteroatoms. The van der Waals surface area contributed by atoms with Crippen LogP contribution >= 0.6 is 21.0 Å². The van der Waals surface area contributed by atoms with Crippen molar-refractivity contribution in [1.29, 1.82) is 0 Å². The first-order valence-electron chi connectivity index (χ1n) is 6.86. The molecule has 2 rings (SSSR count). The average Bonchev–Trinajstić information content (AvgIpc) is 3.30. The minimum absolute atomic E-state index is 0.0598. The second-order valence-corrected chi connectivity index (χ2v) is 5.31. The highest BCUT2D eigenvalue weighted by Crippen LogP contribution is 2.43. The van der Waals surface area contributed by atoms with Crippen molar-refractivity contribution in [3.63, 3.8) is 0 Å². The van der Waals surface area contributed by atoms with E-state index in [0.717, 1.165) is 18.9 Å². The third-order valence-electron chi connectivity index (χ3n) is 2.97. The zero-order valence-electron chi connectivity index (χ0n) is 12.3. The summed E-state index contributed by atoms with van der Waals surface area (Å²) in [7, 11) is 2.09. The Hall–Kier alpha value is -0.950. The molecule has 2 N–H and O–H groups in total. The first kappa shape index (κ1) is 19.1. The van der Waals surface area contributed by atoms with Gasteiger partial charge in [-0.15, -0.1) is 0 Å². The van der Waals surface area contributed by atoms with Crippen molar-refractivity contribution in [2.24, 2.45) is 5.92 Å². The predicted octanol–water partition coefficient (Wildman–Crippen LogP) is 4.73. The molecule has 22 heavy (non-hydrogen) atoms. The van der Waals surface area contributed by atoms with E-state index in [1.54, 1.807) is 0 Å². The number of hydrogen-bond donors (Lipinski definition) is 2. The van der Waals surface area contributed by atoms with Gasteiger partial charge >= 0.3 is 6.18 Å². The maximum atomic E-state index is 13.3. The summed E-state index contributed by atoms with van der Waals surface area (Å²) in [6.45, 7) is 4.00. The van der Waals surface area contributed by atoms with Gasteiger partial charge in [0.2, 0.25) is 5.60 Å². The van der Waals surface area contributed by atoms with E-state index in [0.29, 0.717) is 0 Å². The van der Waals surface area contributed by atoms with Crippen LogP contribution in [0.5, 0.6) is 0 Å². The molecule has 1 saturated carbocycles. The molecule has 0 radical (unpaired) electrons. The standard InChI is InChI=1S/C13H12ClF3NOP.C2H6/c14-9-3-4-11(18-20)10(7-9)12(19,13(15,16)17)6-5-8-1-2-8;1-2/h3-4,7-8,18-19H,1-2,20H2;1-2H3. The number of aliphatic hydroxyl groups is 1. The van der Waals surface area contributed by atoms with Crippen molar-refractivity contribution in [3.8, 4) is 11.8 Å². The molecule has 1 aromatic carbocycles. The Kier molecular flexibility index (Phi) is 6.55. The molecule has 0 aliphatic heterocycles. The molecule has 1 aliphatic carbocycles. The van der Waals surface area contributed by atoms with Gasteiger partial charge in [0.05, 0.1) is 0 Å². The van der Waals surface area contributed by atoms with Crippen molar-refractivity contribution in [2.45, 2.75) is 38.5 Å². The van der Waals surface area contributed by atoms with E-state index >= 15 is 0 Å². The van der Waals surface area contributed by atoms with E-state index in [2.05, 4.69) is 20.4 Å². The highest BCUT2D eigenvalue weighted by molar-refractivity contribution is 7.18. The Balaban J connectivity index is 0.00000116. The van der Waals surface area contributed by atoms with Crippen LogP contribution in [0.2, 0.25) is 5.02 Å². The number of hydrogen-bond acceptors (Lipinski definition) is 2. The van der Waals surface area contributed by atoms with Crippen LogP contribution in [0.15, 0.2) is 18.2 Å². The van der Waals surface area contributed by atoms with Gasteiger partial charge in [-0.2, -0.15) is 13.2 Å². The topological polar surface area (TPSA) is 32.3 Å². The number of rotatable bonds is 2. The fourth-order valence-electron chi connectivity index (χ4n) is 1.67. The van der Waals surface area contributed by atoms with Gasteiger partial charge in [-0.05, 0) is 40.4 Å². The summed E-state index contributed by atoms with van der Waals surface area (Å²) in [5.41, 5.74) is -3.54. The van der Waals surface area contributed by atoms with Gasteiger partial charge in [-0.1, -0.05) is 37.3 Å². The minimum atomic E-state index is -4.92. The average molecular weight is 352 g/mol. The van der Waals surface area contributed by atoms with Crippen LogP contribution in [-0.4, -0.2) is 11.3 Å². The molecule has 2 atom stereocenters. The Morgan fingerprint density at radius 1 is 1.32 bits per heavy atom. The zero-order chi connectivity index (χ0) is 17.0. The third kappa shape index (κ3) is 4.29. The summed E-state index contributed by atoms with van der Waals surface area (Å²) in [5, 5.41) is 12.8. The van der Waals surface area contributed by atoms with Gasteiger partial charge < -0.3 is 10.2 Å². The summed E-state index contributed by atoms with van der Waals surface area (Å²) in [6.07, 6.45) is -3.38. The summed E-state index contributed by atoms with van der Waals surface area (Å²) in [5.74, 6) is 4.40. The number of benzene rings is 1. The number of alkyl halides is 3. The number of halogens is 4. The summed E-state index contributed by atoms with van der Waals surface area (Å²) < 4.78 is 39.8. The molecular formula is C15H18ClF3NOP. The Morgan fingerprint density at radius 2 is 1.91 bits per heavy atom. The van der Waals surface area contributed by atoms with Crippen molar-refractivity contribution >= 4 is 26.7 Å². The lowest BCUT2D eigenvalue weighted by molar-refractivity contribution is -0.240. The van der Waals surface area contributed by atoms with E-state index in [1.807, 2.05) is 19.8 Å². The fraction of sp³-hybridized carbons (Fsp3) is 0.467. The molecule has 0 heterocycles. The lowest BCUT2D eigenvalue weighted by atomic mass is 9.92. The molecular weight excluding hydrogens is 334 g/mol. The van der Waals surface area contributed by atoms with E-state index in [-0.39, 0.29) is 16.6 Å². The van der Waals surface area contributed by atoms with Crippen LogP contribution in [0.3, 0.4) is 0 Å². The van der Waals surface area contributed by atoms with E-state index in [9.17, 15) is 18.3 Å². The third-order valence-corrected chi connectivity index (χ3v) is 3.52. The van der Waals surface area contributed by atoms with Gasteiger partial charge in [0.15, 0.2) is 0 Å². The maximum Gasteiger partial charge on any atom is 0.433 e. The molecule has 0 aromatic heterocycles. The molecule has 122 valence electrons. The highest BCUT2D eigenvalue weighted by Gasteiger charge is 2.55. The van der Waals surface area contributed by atoms with Crippen LogP contribution < -0.4 is 5.09 Å². The lowest BCUT2D eigenvalue weighted by Crippen LogP contribution is -2.41. The summed E-state index contributed by atoms with van der Waals surface area (Å²) in [4.78, 5) is 0. The summed E-state index contributed by atoms with van der Waals surface area (Å²) >= 11 is 5.74. The lowest BCUT2D eigenvalue weighted by Gasteiger charge is -2.27. The molecule has 0 amide bonds. The molecule has 1 aliphatic rings. The SMILES string of the molecule is CC.OC(C#CC1CC1)(c1cc(Cl)ccc1NP)C(F)(F)F. The van der Waals surface area contributed by atoms with Crippen LogP contribution in [0.4, 0.5) is 18.9 Å². The van der Waals surface area contributed by atoms with Gasteiger partial charge in [-0.25, -0.2) is 0 Å². The normalized spacial score (nSPS) is 16.5. The van der Waals surface area contributed by atoms with Crippen LogP contribution in [0.25, 0.3) is 0 Å². The van der Waals surface area contributed by atoms with Crippen molar-refractivity contribution in [1.82, 2.24) is 0 Å². The summed E-state index contributed by atoms with van der Waals surface area (Å²) in [6, 6.07) is 3.87. The van der Waals surface area contributed by atoms with E-state index < -0.39 is 17.3 Å². The smallest absolute Gasteiger partial charge is 0.369 e. The van der Waals surface area contributed by atoms with Gasteiger partial charge in [0, 0.05) is 22.2 Å². The van der Waals surface area contributed by atoms with E-state index in [1.165, 1.54) is 12.1 Å². The van der Waals surface area contributed by atoms with Crippen molar-refractivity contribution in [3.05, 3.63) is 28.8 Å². The van der Waals surface area contributed by atoms with Gasteiger partial charge in [0.25, 0.3) is 0 Å². The van der Waals surface area contributed by atoms with Gasteiger partial charge in [0.1, 0.15) is 0 Å². The zero-order valence-corrected chi connectivity index (χ0v) is 14.2. The molecule has 1 aromatic rings. The first-order chi connectivity index (χ1) is 10.3. The Labute approximate surface area is 135 Å². The molecule has 2 unspecified atom stereocenters. The maximum absolute atomic E-state index is 13.3. The molecule has 0 saturated heterocycles. The number of nitrogens with one attached hydrogen (secondary N) is 1. The van der Waals surface area contributed by atoms with Crippen LogP contribution in [-0.2, 0) is 5.60 Å². The van der Waals surface area contributed by atoms with Gasteiger partial charge in [-0.3, -0.25) is 0 Å². The first-order valence-corrected chi connectivity index (χ1v) is 7.82. The van der Waals surface area contributed by atoms with Crippen LogP contribution in [0, 0.1) is 17.8 Å². The molecule has 2 nitrogen and oxygen atoms in total. The fourth-order valence-corrected chi connectivity index (χ4v) is 2.09. The monoisotopic (exact) mass is 351 g/mol. The molecule has 0 bridgehead atoms. The van der Waals surface area contributed by atoms with Crippen molar-refractivity contribution in [2.75, 3.05) is 5.09 Å². The van der Waals surface area contributed by atoms with Crippen LogP contribution in [0.1, 0.15) is 32.3 Å². The second kappa shape index (κ2) is 7.55. The quantitative estimate of drug-likeness (QED) is 0.596. The second-order valence-electron chi connectivity index (χ2n) is 4.59. The molecule has 1 fully saturated rings. The Bertz CT molecular complexity index is 578. The number of anilines is 1. The minimum Gasteiger partial charge on any atom is -0.369 e. The predicted molar refractivity (Wildman–Crippen MR) is 86.6 cm³/mol. The highest BCUT2D eigenvalue weighted by atomic mass is 35.5. The largest absolute Gasteiger partial charge is 0.433 e. The van der Waals surface area contributed by atoms with E-state index in [4.69, 9.17) is 11.6 Å².